The largest absolute Gasteiger partial charge is 0.431 e. The van der Waals surface area contributed by atoms with E-state index in [1.165, 1.54) is 0 Å². The second-order valence-corrected chi connectivity index (χ2v) is 4.05. The van der Waals surface area contributed by atoms with E-state index in [1.807, 2.05) is 0 Å². The summed E-state index contributed by atoms with van der Waals surface area (Å²) in [4.78, 5) is -2.85. The molecule has 0 aromatic rings. The molecule has 0 N–H and O–H groups in total. The van der Waals surface area contributed by atoms with E-state index in [0.29, 0.717) is 0 Å². The van der Waals surface area contributed by atoms with Gasteiger partial charge in [-0.3, -0.25) is 0 Å². The third kappa shape index (κ3) is 9.66. The van der Waals surface area contributed by atoms with E-state index in [2.05, 4.69) is 25.8 Å². The van der Waals surface area contributed by atoms with Gasteiger partial charge in [0.25, 0.3) is 0 Å². The van der Waals surface area contributed by atoms with Crippen LogP contribution >= 0.6 is 20.8 Å². The molecule has 0 unspecified atom stereocenters. The van der Waals surface area contributed by atoms with Gasteiger partial charge in [-0.05, 0) is 0 Å². The van der Waals surface area contributed by atoms with Gasteiger partial charge in [0.05, 0.1) is 0 Å². The Morgan fingerprint density at radius 3 is 1.06 bits per heavy atom. The molecule has 0 aliphatic carbocycles. The maximum absolute atomic E-state index is 11.1. The van der Waals surface area contributed by atoms with Crippen molar-refractivity contribution in [2.45, 2.75) is 12.4 Å². The average Bonchev–Trinajstić information content (AvgIpc) is 2.17. The molecule has 0 aliphatic heterocycles. The van der Waals surface area contributed by atoms with E-state index in [1.54, 1.807) is 21.3 Å². The van der Waals surface area contributed by atoms with Gasteiger partial charge in [-0.2, -0.15) is 26.3 Å². The first kappa shape index (κ1) is 19.3. The summed E-state index contributed by atoms with van der Waals surface area (Å²) in [6.07, 6.45) is -10.9. The van der Waals surface area contributed by atoms with Crippen molar-refractivity contribution >= 4 is 25.7 Å². The zero-order chi connectivity index (χ0) is 14.3. The number of alkyl halides is 6. The van der Waals surface area contributed by atoms with Crippen LogP contribution in [0.2, 0.25) is 0 Å². The van der Waals surface area contributed by atoms with Crippen molar-refractivity contribution in [1.82, 2.24) is 0 Å². The lowest BCUT2D eigenvalue weighted by molar-refractivity contribution is -0.113. The third-order valence-electron chi connectivity index (χ3n) is 0.962. The summed E-state index contributed by atoms with van der Waals surface area (Å²) in [5.74, 6) is 0. The van der Waals surface area contributed by atoms with Crippen LogP contribution in [0.5, 0.6) is 0 Å². The summed E-state index contributed by atoms with van der Waals surface area (Å²) in [5.41, 5.74) is 0. The normalized spacial score (nSPS) is 12.1. The molecule has 0 amide bonds. The molecule has 0 rings (SSSR count). The van der Waals surface area contributed by atoms with Gasteiger partial charge in [-0.15, -0.1) is 0 Å². The molecule has 3 nitrogen and oxygen atoms in total. The fraction of sp³-hybridized carbons (Fsp3) is 0.833. The van der Waals surface area contributed by atoms with Gasteiger partial charge in [0, 0.05) is 21.3 Å². The molecule has 17 heavy (non-hydrogen) atoms. The van der Waals surface area contributed by atoms with Crippen LogP contribution in [0, 0.1) is 0 Å². The Morgan fingerprint density at radius 1 is 0.824 bits per heavy atom. The molecule has 0 bridgehead atoms. The fourth-order valence-corrected chi connectivity index (χ4v) is 0.832. The van der Waals surface area contributed by atoms with E-state index in [-0.39, 0.29) is 0 Å². The number of halogens is 6. The quantitative estimate of drug-likeness (QED) is 0.452. The number of hydrogen-bond donors (Lipinski definition) is 0. The highest BCUT2D eigenvalue weighted by molar-refractivity contribution is 7.80. The van der Waals surface area contributed by atoms with E-state index in [4.69, 9.17) is 0 Å². The van der Waals surface area contributed by atoms with Crippen molar-refractivity contribution in [3.8, 4) is 0 Å². The number of thiocarbonyl (C=S) groups is 1. The predicted molar refractivity (Wildman–Crippen MR) is 52.7 cm³/mol. The topological polar surface area (TPSA) is 27.7 Å². The molecule has 0 aliphatic rings. The first-order valence-corrected chi connectivity index (χ1v) is 5.11. The summed E-state index contributed by atoms with van der Waals surface area (Å²) in [6, 6.07) is 0. The molecule has 0 saturated carbocycles. The predicted octanol–water partition coefficient (Wildman–Crippen LogP) is 3.63. The van der Waals surface area contributed by atoms with Crippen molar-refractivity contribution in [2.24, 2.45) is 0 Å². The highest BCUT2D eigenvalue weighted by Crippen LogP contribution is 2.35. The summed E-state index contributed by atoms with van der Waals surface area (Å²) in [7, 11) is 3.57. The second kappa shape index (κ2) is 8.15. The highest BCUT2D eigenvalue weighted by atomic mass is 32.1. The van der Waals surface area contributed by atoms with Gasteiger partial charge >= 0.3 is 21.0 Å². The van der Waals surface area contributed by atoms with E-state index in [0.717, 1.165) is 0 Å². The Hall–Kier alpha value is -0.0200. The number of rotatable bonds is 3. The first-order chi connectivity index (χ1) is 7.50. The van der Waals surface area contributed by atoms with E-state index < -0.39 is 25.8 Å². The molecule has 11 heteroatoms. The molecule has 0 spiro atoms. The second-order valence-electron chi connectivity index (χ2n) is 2.10. The van der Waals surface area contributed by atoms with Crippen LogP contribution in [0.25, 0.3) is 0 Å². The zero-order valence-corrected chi connectivity index (χ0v) is 10.6. The summed E-state index contributed by atoms with van der Waals surface area (Å²) >= 11 is 3.08. The monoisotopic (exact) mass is 306 g/mol. The third-order valence-corrected chi connectivity index (χ3v) is 2.32. The van der Waals surface area contributed by atoms with E-state index in [9.17, 15) is 26.3 Å². The molecular weight excluding hydrogens is 297 g/mol. The fourth-order valence-electron chi connectivity index (χ4n) is 0.384. The Bertz CT molecular complexity index is 205. The van der Waals surface area contributed by atoms with Crippen LogP contribution in [0.1, 0.15) is 0 Å². The van der Waals surface area contributed by atoms with Crippen molar-refractivity contribution in [2.75, 3.05) is 21.3 Å². The standard InChI is InChI=1S/C3F6S.C3H9O3P/c4-2(5,6)1(10)3(7,8)9;1-4-7(5-2)6-3/h;1-3H3. The van der Waals surface area contributed by atoms with Gasteiger partial charge in [-0.1, -0.05) is 12.2 Å². The minimum Gasteiger partial charge on any atom is -0.316 e. The Balaban J connectivity index is 0. The Morgan fingerprint density at radius 2 is 1.06 bits per heavy atom. The minimum absolute atomic E-state index is 1.05. The molecule has 0 heterocycles. The van der Waals surface area contributed by atoms with Gasteiger partial charge in [0.15, 0.2) is 4.86 Å². The SMILES string of the molecule is COP(OC)OC.FC(F)(F)C(=S)C(F)(F)F. The molecule has 104 valence electrons. The van der Waals surface area contributed by atoms with E-state index >= 15 is 0 Å². The average molecular weight is 306 g/mol. The minimum atomic E-state index is -5.45. The van der Waals surface area contributed by atoms with Gasteiger partial charge in [-0.25, -0.2) is 0 Å². The smallest absolute Gasteiger partial charge is 0.316 e. The van der Waals surface area contributed by atoms with Crippen LogP contribution in [-0.2, 0) is 13.6 Å². The summed E-state index contributed by atoms with van der Waals surface area (Å²) in [6.45, 7) is 0. The molecule has 0 saturated heterocycles. The van der Waals surface area contributed by atoms with Crippen molar-refractivity contribution < 1.29 is 39.9 Å². The molecule has 0 fully saturated rings. The molecule has 0 aromatic heterocycles. The lowest BCUT2D eigenvalue weighted by Crippen LogP contribution is -2.34. The molecule has 0 aromatic carbocycles. The van der Waals surface area contributed by atoms with Crippen LogP contribution in [0.4, 0.5) is 26.3 Å². The van der Waals surface area contributed by atoms with Crippen molar-refractivity contribution in [3.63, 3.8) is 0 Å². The van der Waals surface area contributed by atoms with Gasteiger partial charge < -0.3 is 13.6 Å². The van der Waals surface area contributed by atoms with Crippen LogP contribution in [0.15, 0.2) is 0 Å². The van der Waals surface area contributed by atoms with Gasteiger partial charge in [0.1, 0.15) is 0 Å². The molecular formula is C6H9F6O3PS. The van der Waals surface area contributed by atoms with Crippen molar-refractivity contribution in [1.29, 1.82) is 0 Å². The highest BCUT2D eigenvalue weighted by Gasteiger charge is 2.51. The van der Waals surface area contributed by atoms with Crippen LogP contribution in [0.3, 0.4) is 0 Å². The Kier molecular flexibility index (Phi) is 9.26. The molecule has 0 atom stereocenters. The lowest BCUT2D eigenvalue weighted by atomic mass is 10.4. The lowest BCUT2D eigenvalue weighted by Gasteiger charge is -2.10. The number of hydrogen-bond acceptors (Lipinski definition) is 4. The summed E-state index contributed by atoms with van der Waals surface area (Å²) in [5, 5.41) is 0. The van der Waals surface area contributed by atoms with Gasteiger partial charge in [0.2, 0.25) is 0 Å². The zero-order valence-electron chi connectivity index (χ0n) is 8.85. The maximum atomic E-state index is 11.1. The van der Waals surface area contributed by atoms with Crippen LogP contribution < -0.4 is 0 Å². The Labute approximate surface area is 100 Å². The first-order valence-electron chi connectivity index (χ1n) is 3.61. The van der Waals surface area contributed by atoms with Crippen LogP contribution in [-0.4, -0.2) is 38.5 Å². The maximum Gasteiger partial charge on any atom is 0.431 e. The molecule has 0 radical (unpaired) electrons. The summed E-state index contributed by atoms with van der Waals surface area (Å²) < 4.78 is 80.5. The van der Waals surface area contributed by atoms with Crippen molar-refractivity contribution in [3.05, 3.63) is 0 Å².